The third kappa shape index (κ3) is 5.93. The number of aryl methyl sites for hydroxylation is 1. The van der Waals surface area contributed by atoms with Crippen LogP contribution in [0.5, 0.6) is 0 Å². The highest BCUT2D eigenvalue weighted by Gasteiger charge is 2.15. The molecule has 0 aromatic heterocycles. The van der Waals surface area contributed by atoms with Crippen molar-refractivity contribution in [2.45, 2.75) is 45.6 Å². The SMILES string of the molecule is Cc1ccccc1CNC(=O)NCCC(=O)N1CCCCCC1. The van der Waals surface area contributed by atoms with Crippen molar-refractivity contribution in [1.82, 2.24) is 15.5 Å². The molecule has 2 rings (SSSR count). The summed E-state index contributed by atoms with van der Waals surface area (Å²) < 4.78 is 0. The molecule has 1 aromatic rings. The predicted molar refractivity (Wildman–Crippen MR) is 91.1 cm³/mol. The van der Waals surface area contributed by atoms with Crippen LogP contribution in [0.15, 0.2) is 24.3 Å². The zero-order valence-corrected chi connectivity index (χ0v) is 13.9. The molecule has 0 bridgehead atoms. The van der Waals surface area contributed by atoms with Crippen molar-refractivity contribution < 1.29 is 9.59 Å². The van der Waals surface area contributed by atoms with E-state index in [4.69, 9.17) is 0 Å². The lowest BCUT2D eigenvalue weighted by atomic mass is 10.1. The number of hydrogen-bond donors (Lipinski definition) is 2. The van der Waals surface area contributed by atoms with Crippen LogP contribution in [0.2, 0.25) is 0 Å². The van der Waals surface area contributed by atoms with Crippen LogP contribution >= 0.6 is 0 Å². The summed E-state index contributed by atoms with van der Waals surface area (Å²) in [4.78, 5) is 25.8. The molecule has 1 aliphatic heterocycles. The Morgan fingerprint density at radius 3 is 2.43 bits per heavy atom. The number of urea groups is 1. The highest BCUT2D eigenvalue weighted by atomic mass is 16.2. The maximum atomic E-state index is 12.1. The molecule has 0 radical (unpaired) electrons. The van der Waals surface area contributed by atoms with E-state index in [2.05, 4.69) is 10.6 Å². The van der Waals surface area contributed by atoms with Gasteiger partial charge < -0.3 is 15.5 Å². The predicted octanol–water partition coefficient (Wildman–Crippen LogP) is 2.59. The number of carbonyl (C=O) groups excluding carboxylic acids is 2. The molecule has 126 valence electrons. The standard InChI is InChI=1S/C18H27N3O2/c1-15-8-4-5-9-16(15)14-20-18(23)19-11-10-17(22)21-12-6-2-3-7-13-21/h4-5,8-9H,2-3,6-7,10-14H2,1H3,(H2,19,20,23). The molecule has 0 saturated carbocycles. The van der Waals surface area contributed by atoms with E-state index in [0.29, 0.717) is 19.5 Å². The van der Waals surface area contributed by atoms with Crippen molar-refractivity contribution in [2.24, 2.45) is 0 Å². The fraction of sp³-hybridized carbons (Fsp3) is 0.556. The van der Waals surface area contributed by atoms with E-state index in [-0.39, 0.29) is 11.9 Å². The average molecular weight is 317 g/mol. The second-order valence-corrected chi connectivity index (χ2v) is 6.08. The van der Waals surface area contributed by atoms with E-state index < -0.39 is 0 Å². The monoisotopic (exact) mass is 317 g/mol. The molecule has 5 nitrogen and oxygen atoms in total. The topological polar surface area (TPSA) is 61.4 Å². The molecule has 3 amide bonds. The van der Waals surface area contributed by atoms with Crippen LogP contribution in [-0.4, -0.2) is 36.5 Å². The summed E-state index contributed by atoms with van der Waals surface area (Å²) in [6.45, 7) is 4.62. The Bertz CT molecular complexity index is 523. The zero-order valence-electron chi connectivity index (χ0n) is 13.9. The first-order valence-corrected chi connectivity index (χ1v) is 8.51. The first-order chi connectivity index (χ1) is 11.2. The van der Waals surface area contributed by atoms with Gasteiger partial charge in [-0.1, -0.05) is 37.1 Å². The highest BCUT2D eigenvalue weighted by Crippen LogP contribution is 2.10. The van der Waals surface area contributed by atoms with Gasteiger partial charge in [-0.25, -0.2) is 4.79 Å². The molecule has 5 heteroatoms. The molecule has 1 aliphatic rings. The molecule has 0 spiro atoms. The van der Waals surface area contributed by atoms with Crippen molar-refractivity contribution in [1.29, 1.82) is 0 Å². The Morgan fingerprint density at radius 1 is 1.04 bits per heavy atom. The molecule has 1 heterocycles. The van der Waals surface area contributed by atoms with Gasteiger partial charge in [-0.15, -0.1) is 0 Å². The van der Waals surface area contributed by atoms with Gasteiger partial charge in [0.15, 0.2) is 0 Å². The van der Waals surface area contributed by atoms with E-state index >= 15 is 0 Å². The van der Waals surface area contributed by atoms with Crippen LogP contribution in [0.4, 0.5) is 4.79 Å². The summed E-state index contributed by atoms with van der Waals surface area (Å²) in [7, 11) is 0. The fourth-order valence-electron chi connectivity index (χ4n) is 2.81. The Labute approximate surface area is 138 Å². The number of benzene rings is 1. The molecule has 23 heavy (non-hydrogen) atoms. The number of likely N-dealkylation sites (tertiary alicyclic amines) is 1. The average Bonchev–Trinajstić information content (AvgIpc) is 2.83. The van der Waals surface area contributed by atoms with Crippen LogP contribution in [0.1, 0.15) is 43.2 Å². The minimum Gasteiger partial charge on any atom is -0.343 e. The molecule has 2 N–H and O–H groups in total. The molecule has 0 aliphatic carbocycles. The van der Waals surface area contributed by atoms with Crippen molar-refractivity contribution in [2.75, 3.05) is 19.6 Å². The van der Waals surface area contributed by atoms with Crippen LogP contribution in [0.25, 0.3) is 0 Å². The Hall–Kier alpha value is -2.04. The maximum absolute atomic E-state index is 12.1. The van der Waals surface area contributed by atoms with E-state index in [1.807, 2.05) is 36.1 Å². The maximum Gasteiger partial charge on any atom is 0.315 e. The Kier molecular flexibility index (Phi) is 6.91. The molecular weight excluding hydrogens is 290 g/mol. The molecule has 0 atom stereocenters. The van der Waals surface area contributed by atoms with Gasteiger partial charge in [0.25, 0.3) is 0 Å². The number of amides is 3. The van der Waals surface area contributed by atoms with Gasteiger partial charge in [0, 0.05) is 32.6 Å². The van der Waals surface area contributed by atoms with Crippen LogP contribution in [0, 0.1) is 6.92 Å². The highest BCUT2D eigenvalue weighted by molar-refractivity contribution is 5.78. The second kappa shape index (κ2) is 9.18. The largest absolute Gasteiger partial charge is 0.343 e. The zero-order chi connectivity index (χ0) is 16.5. The minimum atomic E-state index is -0.225. The van der Waals surface area contributed by atoms with Gasteiger partial charge >= 0.3 is 6.03 Å². The number of nitrogens with zero attached hydrogens (tertiary/aromatic N) is 1. The van der Waals surface area contributed by atoms with Gasteiger partial charge in [-0.2, -0.15) is 0 Å². The van der Waals surface area contributed by atoms with Gasteiger partial charge in [-0.05, 0) is 30.9 Å². The normalized spacial score (nSPS) is 14.9. The molecule has 1 saturated heterocycles. The van der Waals surface area contributed by atoms with E-state index in [0.717, 1.165) is 37.1 Å². The third-order valence-corrected chi connectivity index (χ3v) is 4.28. The first-order valence-electron chi connectivity index (χ1n) is 8.51. The van der Waals surface area contributed by atoms with Gasteiger partial charge in [-0.3, -0.25) is 4.79 Å². The van der Waals surface area contributed by atoms with Crippen molar-refractivity contribution in [3.8, 4) is 0 Å². The fourth-order valence-corrected chi connectivity index (χ4v) is 2.81. The summed E-state index contributed by atoms with van der Waals surface area (Å²) >= 11 is 0. The number of carbonyl (C=O) groups is 2. The molecule has 1 fully saturated rings. The van der Waals surface area contributed by atoms with Gasteiger partial charge in [0.1, 0.15) is 0 Å². The molecular formula is C18H27N3O2. The van der Waals surface area contributed by atoms with Crippen molar-refractivity contribution in [3.63, 3.8) is 0 Å². The summed E-state index contributed by atoms with van der Waals surface area (Å²) in [5.41, 5.74) is 2.26. The smallest absolute Gasteiger partial charge is 0.315 e. The molecule has 0 unspecified atom stereocenters. The van der Waals surface area contributed by atoms with Crippen LogP contribution in [0.3, 0.4) is 0 Å². The second-order valence-electron chi connectivity index (χ2n) is 6.08. The summed E-state index contributed by atoms with van der Waals surface area (Å²) in [5, 5.41) is 5.59. The van der Waals surface area contributed by atoms with Crippen LogP contribution in [-0.2, 0) is 11.3 Å². The summed E-state index contributed by atoms with van der Waals surface area (Å²) in [6.07, 6.45) is 4.98. The van der Waals surface area contributed by atoms with E-state index in [1.165, 1.54) is 12.8 Å². The van der Waals surface area contributed by atoms with Crippen molar-refractivity contribution >= 4 is 11.9 Å². The Balaban J connectivity index is 1.64. The van der Waals surface area contributed by atoms with Gasteiger partial charge in [0.2, 0.25) is 5.91 Å². The third-order valence-electron chi connectivity index (χ3n) is 4.28. The van der Waals surface area contributed by atoms with Gasteiger partial charge in [0.05, 0.1) is 0 Å². The lowest BCUT2D eigenvalue weighted by Crippen LogP contribution is -2.39. The number of rotatable bonds is 5. The lowest BCUT2D eigenvalue weighted by Gasteiger charge is -2.20. The Morgan fingerprint density at radius 2 is 1.74 bits per heavy atom. The lowest BCUT2D eigenvalue weighted by molar-refractivity contribution is -0.131. The molecule has 1 aromatic carbocycles. The van der Waals surface area contributed by atoms with E-state index in [9.17, 15) is 9.59 Å². The quantitative estimate of drug-likeness (QED) is 0.877. The first kappa shape index (κ1) is 17.3. The number of nitrogens with one attached hydrogen (secondary N) is 2. The summed E-state index contributed by atoms with van der Waals surface area (Å²) in [6, 6.07) is 7.74. The van der Waals surface area contributed by atoms with Crippen molar-refractivity contribution in [3.05, 3.63) is 35.4 Å². The van der Waals surface area contributed by atoms with E-state index in [1.54, 1.807) is 0 Å². The number of hydrogen-bond acceptors (Lipinski definition) is 2. The minimum absolute atomic E-state index is 0.145. The summed E-state index contributed by atoms with van der Waals surface area (Å²) in [5.74, 6) is 0.145. The van der Waals surface area contributed by atoms with Crippen LogP contribution < -0.4 is 10.6 Å².